The molecule has 0 saturated heterocycles. The molecule has 88 valence electrons. The summed E-state index contributed by atoms with van der Waals surface area (Å²) in [5, 5.41) is 9.39. The Bertz CT molecular complexity index is 522. The summed E-state index contributed by atoms with van der Waals surface area (Å²) in [6.45, 7) is 0.331. The van der Waals surface area contributed by atoms with Crippen molar-refractivity contribution in [3.63, 3.8) is 0 Å². The topological polar surface area (TPSA) is 72.5 Å². The van der Waals surface area contributed by atoms with Crippen LogP contribution in [0, 0.1) is 0 Å². The zero-order chi connectivity index (χ0) is 12.3. The minimum Gasteiger partial charge on any atom is -0.487 e. The van der Waals surface area contributed by atoms with Crippen molar-refractivity contribution in [1.29, 1.82) is 0 Å². The summed E-state index contributed by atoms with van der Waals surface area (Å²) in [5.74, 6) is -0.696. The molecule has 0 amide bonds. The van der Waals surface area contributed by atoms with E-state index in [-0.39, 0.29) is 4.88 Å². The highest BCUT2D eigenvalue weighted by molar-refractivity contribution is 7.18. The molecule has 5 heteroatoms. The molecule has 0 aliphatic carbocycles. The first-order valence-corrected chi connectivity index (χ1v) is 5.78. The molecular weight excluding hydrogens is 238 g/mol. The van der Waals surface area contributed by atoms with Gasteiger partial charge in [-0.25, -0.2) is 4.79 Å². The van der Waals surface area contributed by atoms with Crippen LogP contribution in [0.2, 0.25) is 0 Å². The average Bonchev–Trinajstić information content (AvgIpc) is 2.69. The van der Waals surface area contributed by atoms with Crippen molar-refractivity contribution in [2.24, 2.45) is 0 Å². The number of rotatable bonds is 4. The first-order valence-electron chi connectivity index (χ1n) is 4.96. The Morgan fingerprint density at radius 2 is 2.06 bits per heavy atom. The summed E-state index contributed by atoms with van der Waals surface area (Å²) in [6.07, 6.45) is 0. The van der Waals surface area contributed by atoms with E-state index in [4.69, 9.17) is 15.6 Å². The van der Waals surface area contributed by atoms with Gasteiger partial charge in [-0.3, -0.25) is 0 Å². The smallest absolute Gasteiger partial charge is 0.349 e. The van der Waals surface area contributed by atoms with Gasteiger partial charge in [-0.15, -0.1) is 11.3 Å². The number of benzene rings is 1. The molecule has 0 spiro atoms. The van der Waals surface area contributed by atoms with Gasteiger partial charge in [0.15, 0.2) is 4.88 Å². The highest BCUT2D eigenvalue weighted by atomic mass is 32.1. The molecule has 2 aromatic rings. The van der Waals surface area contributed by atoms with Gasteiger partial charge in [-0.1, -0.05) is 30.3 Å². The standard InChI is InChI=1S/C12H11NO3S/c13-10-6-9(11(17-10)12(14)15)16-7-8-4-2-1-3-5-8/h1-6H,7,13H2,(H,14,15). The number of ether oxygens (including phenoxy) is 1. The third kappa shape index (κ3) is 2.76. The maximum absolute atomic E-state index is 10.9. The second kappa shape index (κ2) is 4.88. The molecule has 0 atom stereocenters. The number of anilines is 1. The molecule has 2 rings (SSSR count). The van der Waals surface area contributed by atoms with E-state index in [0.29, 0.717) is 17.4 Å². The molecule has 1 aromatic heterocycles. The van der Waals surface area contributed by atoms with Crippen LogP contribution in [-0.2, 0) is 6.61 Å². The van der Waals surface area contributed by atoms with E-state index in [1.165, 1.54) is 6.07 Å². The Balaban J connectivity index is 2.11. The third-order valence-electron chi connectivity index (χ3n) is 2.15. The van der Waals surface area contributed by atoms with Gasteiger partial charge in [0.1, 0.15) is 12.4 Å². The van der Waals surface area contributed by atoms with Crippen molar-refractivity contribution in [2.45, 2.75) is 6.61 Å². The number of nitrogens with two attached hydrogens (primary N) is 1. The monoisotopic (exact) mass is 249 g/mol. The summed E-state index contributed by atoms with van der Waals surface area (Å²) in [5.41, 5.74) is 6.54. The van der Waals surface area contributed by atoms with Crippen LogP contribution in [0.5, 0.6) is 5.75 Å². The average molecular weight is 249 g/mol. The van der Waals surface area contributed by atoms with Gasteiger partial charge in [0, 0.05) is 6.07 Å². The summed E-state index contributed by atoms with van der Waals surface area (Å²) >= 11 is 1.01. The molecule has 0 fully saturated rings. The van der Waals surface area contributed by atoms with Gasteiger partial charge in [0.25, 0.3) is 0 Å². The van der Waals surface area contributed by atoms with Gasteiger partial charge < -0.3 is 15.6 Å². The van der Waals surface area contributed by atoms with Crippen LogP contribution in [-0.4, -0.2) is 11.1 Å². The molecule has 17 heavy (non-hydrogen) atoms. The molecule has 0 saturated carbocycles. The van der Waals surface area contributed by atoms with Gasteiger partial charge in [0.05, 0.1) is 5.00 Å². The van der Waals surface area contributed by atoms with Crippen LogP contribution in [0.4, 0.5) is 5.00 Å². The zero-order valence-electron chi connectivity index (χ0n) is 8.92. The van der Waals surface area contributed by atoms with Gasteiger partial charge >= 0.3 is 5.97 Å². The minimum absolute atomic E-state index is 0.137. The summed E-state index contributed by atoms with van der Waals surface area (Å²) in [4.78, 5) is 11.1. The fourth-order valence-corrected chi connectivity index (χ4v) is 2.09. The number of nitrogen functional groups attached to an aromatic ring is 1. The fraction of sp³-hybridized carbons (Fsp3) is 0.0833. The van der Waals surface area contributed by atoms with Crippen molar-refractivity contribution >= 4 is 22.3 Å². The lowest BCUT2D eigenvalue weighted by Gasteiger charge is -2.04. The summed E-state index contributed by atoms with van der Waals surface area (Å²) < 4.78 is 5.45. The number of hydrogen-bond acceptors (Lipinski definition) is 4. The number of carboxylic acid groups (broad SMARTS) is 1. The fourth-order valence-electron chi connectivity index (χ4n) is 1.38. The lowest BCUT2D eigenvalue weighted by atomic mass is 10.2. The lowest BCUT2D eigenvalue weighted by Crippen LogP contribution is -1.99. The highest BCUT2D eigenvalue weighted by Gasteiger charge is 2.15. The number of carbonyl (C=O) groups is 1. The van der Waals surface area contributed by atoms with Crippen molar-refractivity contribution in [3.8, 4) is 5.75 Å². The number of aromatic carboxylic acids is 1. The largest absolute Gasteiger partial charge is 0.487 e. The van der Waals surface area contributed by atoms with E-state index in [0.717, 1.165) is 16.9 Å². The van der Waals surface area contributed by atoms with Crippen LogP contribution in [0.3, 0.4) is 0 Å². The van der Waals surface area contributed by atoms with Gasteiger partial charge in [0.2, 0.25) is 0 Å². The van der Waals surface area contributed by atoms with E-state index >= 15 is 0 Å². The molecule has 0 aliphatic rings. The SMILES string of the molecule is Nc1cc(OCc2ccccc2)c(C(=O)O)s1. The van der Waals surface area contributed by atoms with Crippen LogP contribution in [0.15, 0.2) is 36.4 Å². The summed E-state index contributed by atoms with van der Waals surface area (Å²) in [6, 6.07) is 11.1. The second-order valence-electron chi connectivity index (χ2n) is 3.42. The van der Waals surface area contributed by atoms with Gasteiger partial charge in [-0.2, -0.15) is 0 Å². The Hall–Kier alpha value is -2.01. The predicted octanol–water partition coefficient (Wildman–Crippen LogP) is 2.61. The maximum atomic E-state index is 10.9. The van der Waals surface area contributed by atoms with Crippen LogP contribution < -0.4 is 10.5 Å². The molecule has 0 unspecified atom stereocenters. The van der Waals surface area contributed by atoms with Crippen molar-refractivity contribution < 1.29 is 14.6 Å². The van der Waals surface area contributed by atoms with Crippen molar-refractivity contribution in [2.75, 3.05) is 5.73 Å². The van der Waals surface area contributed by atoms with E-state index in [2.05, 4.69) is 0 Å². The normalized spacial score (nSPS) is 10.1. The molecule has 0 bridgehead atoms. The Labute approximate surface area is 102 Å². The second-order valence-corrected chi connectivity index (χ2v) is 4.51. The first-order chi connectivity index (χ1) is 8.16. The van der Waals surface area contributed by atoms with Crippen LogP contribution in [0.1, 0.15) is 15.2 Å². The first kappa shape index (κ1) is 11.5. The Kier molecular flexibility index (Phi) is 3.30. The van der Waals surface area contributed by atoms with E-state index in [1.54, 1.807) is 0 Å². The molecular formula is C12H11NO3S. The lowest BCUT2D eigenvalue weighted by molar-refractivity contribution is 0.0697. The van der Waals surface area contributed by atoms with E-state index in [9.17, 15) is 4.79 Å². The molecule has 3 N–H and O–H groups in total. The zero-order valence-corrected chi connectivity index (χ0v) is 9.74. The Morgan fingerprint density at radius 3 is 2.71 bits per heavy atom. The van der Waals surface area contributed by atoms with Crippen LogP contribution in [0.25, 0.3) is 0 Å². The maximum Gasteiger partial charge on any atom is 0.349 e. The molecule has 4 nitrogen and oxygen atoms in total. The van der Waals surface area contributed by atoms with E-state index < -0.39 is 5.97 Å². The third-order valence-corrected chi connectivity index (χ3v) is 3.08. The highest BCUT2D eigenvalue weighted by Crippen LogP contribution is 2.31. The molecule has 1 heterocycles. The van der Waals surface area contributed by atoms with Crippen molar-refractivity contribution in [3.05, 3.63) is 46.8 Å². The number of carboxylic acids is 1. The molecule has 1 aromatic carbocycles. The molecule has 0 radical (unpaired) electrons. The van der Waals surface area contributed by atoms with E-state index in [1.807, 2.05) is 30.3 Å². The Morgan fingerprint density at radius 1 is 1.35 bits per heavy atom. The quantitative estimate of drug-likeness (QED) is 0.873. The summed E-state index contributed by atoms with van der Waals surface area (Å²) in [7, 11) is 0. The minimum atomic E-state index is -1.02. The van der Waals surface area contributed by atoms with Gasteiger partial charge in [-0.05, 0) is 5.56 Å². The number of hydrogen-bond donors (Lipinski definition) is 2. The van der Waals surface area contributed by atoms with Crippen LogP contribution >= 0.6 is 11.3 Å². The number of thiophene rings is 1. The predicted molar refractivity (Wildman–Crippen MR) is 66.5 cm³/mol. The molecule has 0 aliphatic heterocycles. The van der Waals surface area contributed by atoms with Crippen molar-refractivity contribution in [1.82, 2.24) is 0 Å².